The van der Waals surface area contributed by atoms with E-state index >= 15 is 0 Å². The number of anilines is 1. The van der Waals surface area contributed by atoms with Gasteiger partial charge in [-0.05, 0) is 37.5 Å². The van der Waals surface area contributed by atoms with E-state index in [0.717, 1.165) is 25.0 Å². The van der Waals surface area contributed by atoms with Gasteiger partial charge in [0, 0.05) is 24.4 Å². The molecular weight excluding hydrogens is 216 g/mol. The van der Waals surface area contributed by atoms with Crippen LogP contribution < -0.4 is 11.1 Å². The highest BCUT2D eigenvalue weighted by molar-refractivity contribution is 5.95. The van der Waals surface area contributed by atoms with Gasteiger partial charge >= 0.3 is 0 Å². The molecule has 0 radical (unpaired) electrons. The molecule has 0 aromatic heterocycles. The molecule has 4 heteroatoms. The average Bonchev–Trinajstić information content (AvgIpc) is 2.82. The van der Waals surface area contributed by atoms with Crippen LogP contribution in [-0.4, -0.2) is 25.2 Å². The number of benzene rings is 1. The maximum atomic E-state index is 11.8. The lowest BCUT2D eigenvalue weighted by molar-refractivity contribution is 0.0858. The van der Waals surface area contributed by atoms with Crippen molar-refractivity contribution in [3.05, 3.63) is 29.3 Å². The van der Waals surface area contributed by atoms with E-state index in [1.165, 1.54) is 0 Å². The lowest BCUT2D eigenvalue weighted by Gasteiger charge is -2.11. The highest BCUT2D eigenvalue weighted by Crippen LogP contribution is 2.14. The van der Waals surface area contributed by atoms with Crippen molar-refractivity contribution in [3.8, 4) is 0 Å². The molecule has 1 aromatic carbocycles. The van der Waals surface area contributed by atoms with Crippen molar-refractivity contribution in [2.24, 2.45) is 0 Å². The van der Waals surface area contributed by atoms with E-state index in [4.69, 9.17) is 10.5 Å². The predicted molar refractivity (Wildman–Crippen MR) is 66.9 cm³/mol. The summed E-state index contributed by atoms with van der Waals surface area (Å²) in [5.74, 6) is -0.0906. The van der Waals surface area contributed by atoms with E-state index in [0.29, 0.717) is 17.8 Å². The van der Waals surface area contributed by atoms with Crippen molar-refractivity contribution in [3.63, 3.8) is 0 Å². The fourth-order valence-electron chi connectivity index (χ4n) is 1.90. The van der Waals surface area contributed by atoms with Crippen molar-refractivity contribution in [2.75, 3.05) is 18.9 Å². The van der Waals surface area contributed by atoms with Crippen molar-refractivity contribution in [1.82, 2.24) is 5.32 Å². The van der Waals surface area contributed by atoms with Crippen molar-refractivity contribution < 1.29 is 9.53 Å². The number of carbonyl (C=O) groups excluding carboxylic acids is 1. The molecule has 3 N–H and O–H groups in total. The highest BCUT2D eigenvalue weighted by atomic mass is 16.5. The molecule has 1 aromatic rings. The number of amides is 1. The summed E-state index contributed by atoms with van der Waals surface area (Å²) >= 11 is 0. The van der Waals surface area contributed by atoms with Crippen LogP contribution in [0.4, 0.5) is 5.69 Å². The molecule has 17 heavy (non-hydrogen) atoms. The van der Waals surface area contributed by atoms with Crippen LogP contribution in [-0.2, 0) is 4.74 Å². The van der Waals surface area contributed by atoms with Gasteiger partial charge in [0.05, 0.1) is 6.10 Å². The minimum atomic E-state index is -0.0906. The van der Waals surface area contributed by atoms with Gasteiger partial charge in [0.15, 0.2) is 0 Å². The molecule has 1 amide bonds. The van der Waals surface area contributed by atoms with Gasteiger partial charge < -0.3 is 15.8 Å². The van der Waals surface area contributed by atoms with Crippen molar-refractivity contribution in [2.45, 2.75) is 25.9 Å². The predicted octanol–water partition coefficient (Wildman–Crippen LogP) is 1.49. The summed E-state index contributed by atoms with van der Waals surface area (Å²) in [4.78, 5) is 11.8. The van der Waals surface area contributed by atoms with E-state index in [1.54, 1.807) is 12.1 Å². The average molecular weight is 234 g/mol. The first kappa shape index (κ1) is 11.9. The van der Waals surface area contributed by atoms with Crippen LogP contribution in [0.1, 0.15) is 28.8 Å². The van der Waals surface area contributed by atoms with Crippen molar-refractivity contribution >= 4 is 11.6 Å². The van der Waals surface area contributed by atoms with Gasteiger partial charge in [0.1, 0.15) is 0 Å². The third-order valence-electron chi connectivity index (χ3n) is 3.06. The minimum absolute atomic E-state index is 0.0906. The lowest BCUT2D eigenvalue weighted by atomic mass is 10.1. The van der Waals surface area contributed by atoms with Gasteiger partial charge in [-0.1, -0.05) is 6.07 Å². The van der Waals surface area contributed by atoms with E-state index < -0.39 is 0 Å². The fraction of sp³-hybridized carbons (Fsp3) is 0.462. The first-order chi connectivity index (χ1) is 8.16. The Labute approximate surface area is 101 Å². The molecule has 0 bridgehead atoms. The van der Waals surface area contributed by atoms with Gasteiger partial charge in [0.25, 0.3) is 5.91 Å². The molecule has 92 valence electrons. The zero-order chi connectivity index (χ0) is 12.3. The number of nitrogens with one attached hydrogen (secondary N) is 1. The second kappa shape index (κ2) is 5.19. The summed E-state index contributed by atoms with van der Waals surface area (Å²) in [7, 11) is 0. The molecular formula is C13H18N2O2. The Kier molecular flexibility index (Phi) is 3.64. The molecule has 1 unspecified atom stereocenters. The summed E-state index contributed by atoms with van der Waals surface area (Å²) in [6.45, 7) is 3.30. The molecule has 1 saturated heterocycles. The Morgan fingerprint density at radius 1 is 1.59 bits per heavy atom. The van der Waals surface area contributed by atoms with E-state index in [-0.39, 0.29) is 12.0 Å². The number of hydrogen-bond donors (Lipinski definition) is 2. The maximum Gasteiger partial charge on any atom is 0.251 e. The Bertz CT molecular complexity index is 412. The molecule has 2 rings (SSSR count). The first-order valence-corrected chi connectivity index (χ1v) is 5.93. The summed E-state index contributed by atoms with van der Waals surface area (Å²) in [6, 6.07) is 5.35. The van der Waals surface area contributed by atoms with E-state index in [9.17, 15) is 4.79 Å². The molecule has 4 nitrogen and oxygen atoms in total. The summed E-state index contributed by atoms with van der Waals surface area (Å²) < 4.78 is 5.44. The number of carbonyl (C=O) groups is 1. The number of aryl methyl sites for hydroxylation is 1. The normalized spacial score (nSPS) is 19.2. The SMILES string of the molecule is Cc1ccc(C(=O)NCC2CCCO2)cc1N. The second-order valence-electron chi connectivity index (χ2n) is 4.42. The molecule has 1 atom stereocenters. The van der Waals surface area contributed by atoms with E-state index in [1.807, 2.05) is 13.0 Å². The lowest BCUT2D eigenvalue weighted by Crippen LogP contribution is -2.31. The zero-order valence-corrected chi connectivity index (χ0v) is 10.0. The van der Waals surface area contributed by atoms with Gasteiger partial charge in [-0.25, -0.2) is 0 Å². The molecule has 1 heterocycles. The smallest absolute Gasteiger partial charge is 0.251 e. The number of ether oxygens (including phenoxy) is 1. The Morgan fingerprint density at radius 2 is 2.41 bits per heavy atom. The van der Waals surface area contributed by atoms with E-state index in [2.05, 4.69) is 5.32 Å². The van der Waals surface area contributed by atoms with Gasteiger partial charge in [-0.3, -0.25) is 4.79 Å². The quantitative estimate of drug-likeness (QED) is 0.779. The largest absolute Gasteiger partial charge is 0.398 e. The second-order valence-corrected chi connectivity index (χ2v) is 4.42. The molecule has 0 aliphatic carbocycles. The Hall–Kier alpha value is -1.55. The van der Waals surface area contributed by atoms with Crippen LogP contribution in [0.25, 0.3) is 0 Å². The molecule has 1 fully saturated rings. The van der Waals surface area contributed by atoms with Crippen LogP contribution >= 0.6 is 0 Å². The van der Waals surface area contributed by atoms with Crippen molar-refractivity contribution in [1.29, 1.82) is 0 Å². The molecule has 0 spiro atoms. The standard InChI is InChI=1S/C13H18N2O2/c1-9-4-5-10(7-12(9)14)13(16)15-8-11-3-2-6-17-11/h4-5,7,11H,2-3,6,8,14H2,1H3,(H,15,16). The van der Waals surface area contributed by atoms with Gasteiger partial charge in [-0.2, -0.15) is 0 Å². The van der Waals surface area contributed by atoms with Crippen LogP contribution in [0.15, 0.2) is 18.2 Å². The molecule has 1 aliphatic heterocycles. The highest BCUT2D eigenvalue weighted by Gasteiger charge is 2.16. The monoisotopic (exact) mass is 234 g/mol. The maximum absolute atomic E-state index is 11.8. The Balaban J connectivity index is 1.92. The zero-order valence-electron chi connectivity index (χ0n) is 10.0. The van der Waals surface area contributed by atoms with Crippen LogP contribution in [0.5, 0.6) is 0 Å². The fourth-order valence-corrected chi connectivity index (χ4v) is 1.90. The number of rotatable bonds is 3. The third-order valence-corrected chi connectivity index (χ3v) is 3.06. The summed E-state index contributed by atoms with van der Waals surface area (Å²) in [5.41, 5.74) is 8.01. The number of nitrogen functional groups attached to an aromatic ring is 1. The third kappa shape index (κ3) is 2.97. The number of hydrogen-bond acceptors (Lipinski definition) is 3. The number of nitrogens with two attached hydrogens (primary N) is 1. The molecule has 0 saturated carbocycles. The van der Waals surface area contributed by atoms with Crippen LogP contribution in [0.3, 0.4) is 0 Å². The topological polar surface area (TPSA) is 64.3 Å². The van der Waals surface area contributed by atoms with Crippen LogP contribution in [0.2, 0.25) is 0 Å². The summed E-state index contributed by atoms with van der Waals surface area (Å²) in [5, 5.41) is 2.87. The van der Waals surface area contributed by atoms with Gasteiger partial charge in [-0.15, -0.1) is 0 Å². The minimum Gasteiger partial charge on any atom is -0.398 e. The molecule has 1 aliphatic rings. The van der Waals surface area contributed by atoms with Gasteiger partial charge in [0.2, 0.25) is 0 Å². The Morgan fingerprint density at radius 3 is 3.06 bits per heavy atom. The summed E-state index contributed by atoms with van der Waals surface area (Å²) in [6.07, 6.45) is 2.27. The first-order valence-electron chi connectivity index (χ1n) is 5.93. The van der Waals surface area contributed by atoms with Crippen LogP contribution in [0, 0.1) is 6.92 Å².